The Balaban J connectivity index is 2.15. The third-order valence-electron chi connectivity index (χ3n) is 3.62. The van der Waals surface area contributed by atoms with Crippen LogP contribution in [0.1, 0.15) is 16.7 Å². The number of hydrogen-bond acceptors (Lipinski definition) is 2. The van der Waals surface area contributed by atoms with Gasteiger partial charge in [0.1, 0.15) is 0 Å². The summed E-state index contributed by atoms with van der Waals surface area (Å²) in [5, 5.41) is 13.6. The fourth-order valence-corrected chi connectivity index (χ4v) is 3.17. The van der Waals surface area contributed by atoms with E-state index in [9.17, 15) is 23.1 Å². The number of anilines is 1. The minimum atomic E-state index is -4.51. The molecule has 8 heteroatoms. The number of halogens is 5. The molecule has 1 heterocycles. The second-order valence-corrected chi connectivity index (χ2v) is 5.89. The summed E-state index contributed by atoms with van der Waals surface area (Å²) in [5.74, 6) is -0.809. The third kappa shape index (κ3) is 2.47. The van der Waals surface area contributed by atoms with Crippen LogP contribution in [0.25, 0.3) is 0 Å². The van der Waals surface area contributed by atoms with Gasteiger partial charge < -0.3 is 10.4 Å². The van der Waals surface area contributed by atoms with E-state index in [4.69, 9.17) is 23.2 Å². The molecule has 1 aliphatic rings. The first-order valence-corrected chi connectivity index (χ1v) is 7.10. The van der Waals surface area contributed by atoms with E-state index in [2.05, 4.69) is 5.32 Å². The summed E-state index contributed by atoms with van der Waals surface area (Å²) < 4.78 is 37.9. The lowest BCUT2D eigenvalue weighted by atomic mass is 9.87. The first-order chi connectivity index (χ1) is 10.6. The number of nitrogens with one attached hydrogen (secondary N) is 1. The number of benzene rings is 2. The van der Waals surface area contributed by atoms with E-state index in [1.165, 1.54) is 12.1 Å². The summed E-state index contributed by atoms with van der Waals surface area (Å²) in [5.41, 5.74) is -2.80. The zero-order valence-electron chi connectivity index (χ0n) is 11.2. The molecule has 2 aromatic carbocycles. The van der Waals surface area contributed by atoms with Gasteiger partial charge in [-0.05, 0) is 29.8 Å². The molecule has 0 saturated heterocycles. The van der Waals surface area contributed by atoms with Gasteiger partial charge in [-0.2, -0.15) is 13.2 Å². The molecule has 1 unspecified atom stereocenters. The number of rotatable bonds is 1. The first-order valence-electron chi connectivity index (χ1n) is 6.35. The monoisotopic (exact) mass is 361 g/mol. The highest BCUT2D eigenvalue weighted by atomic mass is 35.5. The van der Waals surface area contributed by atoms with Crippen LogP contribution in [0.15, 0.2) is 36.4 Å². The maximum Gasteiger partial charge on any atom is 0.416 e. The van der Waals surface area contributed by atoms with Crippen LogP contribution in [0.2, 0.25) is 10.0 Å². The van der Waals surface area contributed by atoms with Crippen LogP contribution in [-0.2, 0) is 16.6 Å². The van der Waals surface area contributed by atoms with Crippen molar-refractivity contribution in [2.45, 2.75) is 11.8 Å². The average molecular weight is 362 g/mol. The minimum absolute atomic E-state index is 0.0222. The fraction of sp³-hybridized carbons (Fsp3) is 0.133. The van der Waals surface area contributed by atoms with E-state index < -0.39 is 23.2 Å². The molecule has 0 spiro atoms. The molecule has 120 valence electrons. The number of hydrogen-bond donors (Lipinski definition) is 2. The van der Waals surface area contributed by atoms with Crippen LogP contribution >= 0.6 is 23.2 Å². The zero-order chi connectivity index (χ0) is 17.0. The molecule has 0 radical (unpaired) electrons. The van der Waals surface area contributed by atoms with Gasteiger partial charge in [0, 0.05) is 10.6 Å². The van der Waals surface area contributed by atoms with Crippen LogP contribution in [-0.4, -0.2) is 11.0 Å². The largest absolute Gasteiger partial charge is 0.416 e. The van der Waals surface area contributed by atoms with Crippen molar-refractivity contribution in [1.82, 2.24) is 0 Å². The van der Waals surface area contributed by atoms with Crippen molar-refractivity contribution in [2.24, 2.45) is 0 Å². The molecule has 2 N–H and O–H groups in total. The first kappa shape index (κ1) is 16.1. The Bertz CT molecular complexity index is 806. The molecule has 1 atom stereocenters. The van der Waals surface area contributed by atoms with E-state index in [-0.39, 0.29) is 26.9 Å². The van der Waals surface area contributed by atoms with Crippen LogP contribution in [0.3, 0.4) is 0 Å². The van der Waals surface area contributed by atoms with E-state index >= 15 is 0 Å². The SMILES string of the molecule is O=C1Nc2cc(Cl)cc(Cl)c2C1(O)c1ccc(C(F)(F)F)cc1. The zero-order valence-corrected chi connectivity index (χ0v) is 12.7. The summed E-state index contributed by atoms with van der Waals surface area (Å²) in [6.07, 6.45) is -4.51. The third-order valence-corrected chi connectivity index (χ3v) is 4.14. The van der Waals surface area contributed by atoms with E-state index in [1.807, 2.05) is 0 Å². The maximum atomic E-state index is 12.6. The lowest BCUT2D eigenvalue weighted by Gasteiger charge is -2.23. The smallest absolute Gasteiger partial charge is 0.372 e. The summed E-state index contributed by atoms with van der Waals surface area (Å²) in [7, 11) is 0. The summed E-state index contributed by atoms with van der Waals surface area (Å²) in [4.78, 5) is 12.2. The van der Waals surface area contributed by atoms with Crippen molar-refractivity contribution >= 4 is 34.8 Å². The normalized spacial score (nSPS) is 20.3. The highest BCUT2D eigenvalue weighted by Gasteiger charge is 2.48. The van der Waals surface area contributed by atoms with Crippen LogP contribution in [0, 0.1) is 0 Å². The average Bonchev–Trinajstić information content (AvgIpc) is 2.70. The fourth-order valence-electron chi connectivity index (χ4n) is 2.54. The molecular formula is C15H8Cl2F3NO2. The van der Waals surface area contributed by atoms with Gasteiger partial charge in [0.2, 0.25) is 0 Å². The Kier molecular flexibility index (Phi) is 3.59. The number of fused-ring (bicyclic) bond motifs is 1. The predicted molar refractivity (Wildman–Crippen MR) is 79.5 cm³/mol. The number of carbonyl (C=O) groups excluding carboxylic acids is 1. The molecule has 0 fully saturated rings. The van der Waals surface area contributed by atoms with Gasteiger partial charge in [-0.1, -0.05) is 35.3 Å². The van der Waals surface area contributed by atoms with Gasteiger partial charge in [0.25, 0.3) is 5.91 Å². The highest BCUT2D eigenvalue weighted by molar-refractivity contribution is 6.36. The van der Waals surface area contributed by atoms with Crippen LogP contribution in [0.5, 0.6) is 0 Å². The molecule has 0 aromatic heterocycles. The molecule has 0 aliphatic carbocycles. The standard InChI is InChI=1S/C15H8Cl2F3NO2/c16-9-5-10(17)12-11(6-9)21-13(22)14(12,23)7-1-3-8(4-2-7)15(18,19)20/h1-6,23H,(H,21,22). The summed E-state index contributed by atoms with van der Waals surface area (Å²) in [6, 6.07) is 6.43. The Labute approximate surface area is 138 Å². The van der Waals surface area contributed by atoms with E-state index in [0.717, 1.165) is 24.3 Å². The predicted octanol–water partition coefficient (Wildman–Crippen LogP) is 4.20. The van der Waals surface area contributed by atoms with Gasteiger partial charge in [0.15, 0.2) is 5.60 Å². The van der Waals surface area contributed by atoms with Crippen molar-refractivity contribution in [2.75, 3.05) is 5.32 Å². The molecule has 3 nitrogen and oxygen atoms in total. The molecule has 1 amide bonds. The number of amides is 1. The van der Waals surface area contributed by atoms with Crippen molar-refractivity contribution in [3.8, 4) is 0 Å². The molecule has 1 aliphatic heterocycles. The lowest BCUT2D eigenvalue weighted by Crippen LogP contribution is -2.35. The Morgan fingerprint density at radius 2 is 1.70 bits per heavy atom. The van der Waals surface area contributed by atoms with Crippen molar-refractivity contribution in [3.63, 3.8) is 0 Å². The maximum absolute atomic E-state index is 12.6. The molecular weight excluding hydrogens is 354 g/mol. The number of alkyl halides is 3. The van der Waals surface area contributed by atoms with Crippen LogP contribution in [0.4, 0.5) is 18.9 Å². The van der Waals surface area contributed by atoms with Crippen molar-refractivity contribution < 1.29 is 23.1 Å². The van der Waals surface area contributed by atoms with Crippen molar-refractivity contribution in [1.29, 1.82) is 0 Å². The summed E-state index contributed by atoms with van der Waals surface area (Å²) in [6.45, 7) is 0. The van der Waals surface area contributed by atoms with Gasteiger partial charge in [-0.3, -0.25) is 4.79 Å². The minimum Gasteiger partial charge on any atom is -0.372 e. The lowest BCUT2D eigenvalue weighted by molar-refractivity contribution is -0.137. The molecule has 2 aromatic rings. The number of carbonyl (C=O) groups is 1. The van der Waals surface area contributed by atoms with Gasteiger partial charge in [-0.15, -0.1) is 0 Å². The van der Waals surface area contributed by atoms with Crippen LogP contribution < -0.4 is 5.32 Å². The van der Waals surface area contributed by atoms with E-state index in [0.29, 0.717) is 0 Å². The summed E-state index contributed by atoms with van der Waals surface area (Å²) >= 11 is 11.9. The van der Waals surface area contributed by atoms with Crippen molar-refractivity contribution in [3.05, 3.63) is 63.1 Å². The van der Waals surface area contributed by atoms with Gasteiger partial charge >= 0.3 is 6.18 Å². The molecule has 3 rings (SSSR count). The Hall–Kier alpha value is -1.76. The second-order valence-electron chi connectivity index (χ2n) is 5.05. The molecule has 23 heavy (non-hydrogen) atoms. The van der Waals surface area contributed by atoms with E-state index in [1.54, 1.807) is 0 Å². The Morgan fingerprint density at radius 3 is 2.26 bits per heavy atom. The van der Waals surface area contributed by atoms with Gasteiger partial charge in [0.05, 0.1) is 16.3 Å². The second kappa shape index (κ2) is 5.12. The highest BCUT2D eigenvalue weighted by Crippen LogP contribution is 2.46. The number of aliphatic hydroxyl groups is 1. The molecule has 0 saturated carbocycles. The topological polar surface area (TPSA) is 49.3 Å². The van der Waals surface area contributed by atoms with Gasteiger partial charge in [-0.25, -0.2) is 0 Å². The quantitative estimate of drug-likeness (QED) is 0.799. The molecule has 0 bridgehead atoms. The Morgan fingerprint density at radius 1 is 1.09 bits per heavy atom.